The second-order valence-electron chi connectivity index (χ2n) is 4.67. The molecule has 0 aliphatic heterocycles. The molecule has 0 bridgehead atoms. The molecule has 0 aliphatic carbocycles. The fraction of sp³-hybridized carbons (Fsp3) is 0.538. The number of nitrogens with zero attached hydrogens (tertiary/aromatic N) is 1. The fourth-order valence-electron chi connectivity index (χ4n) is 1.66. The second-order valence-corrected chi connectivity index (χ2v) is 5.08. The van der Waals surface area contributed by atoms with Gasteiger partial charge in [0.2, 0.25) is 0 Å². The highest BCUT2D eigenvalue weighted by molar-refractivity contribution is 6.33. The fourth-order valence-corrected chi connectivity index (χ4v) is 1.85. The van der Waals surface area contributed by atoms with Crippen LogP contribution < -0.4 is 10.6 Å². The minimum atomic E-state index is -4.33. The molecule has 0 spiro atoms. The summed E-state index contributed by atoms with van der Waals surface area (Å²) in [6.07, 6.45) is -3.26. The van der Waals surface area contributed by atoms with E-state index in [2.05, 4.69) is 15.6 Å². The van der Waals surface area contributed by atoms with Crippen LogP contribution in [0.5, 0.6) is 0 Å². The Labute approximate surface area is 126 Å². The predicted molar refractivity (Wildman–Crippen MR) is 75.6 cm³/mol. The third kappa shape index (κ3) is 6.20. The molecule has 0 aliphatic rings. The Morgan fingerprint density at radius 2 is 2.14 bits per heavy atom. The highest BCUT2D eigenvalue weighted by Crippen LogP contribution is 2.22. The van der Waals surface area contributed by atoms with Crippen LogP contribution in [-0.2, 0) is 0 Å². The van der Waals surface area contributed by atoms with Crippen LogP contribution >= 0.6 is 11.6 Å². The molecule has 0 saturated heterocycles. The van der Waals surface area contributed by atoms with Crippen molar-refractivity contribution in [2.24, 2.45) is 0 Å². The second kappa shape index (κ2) is 7.49. The van der Waals surface area contributed by atoms with Crippen LogP contribution in [0.1, 0.15) is 37.0 Å². The number of hydrogen-bond acceptors (Lipinski definition) is 3. The molecule has 21 heavy (non-hydrogen) atoms. The van der Waals surface area contributed by atoms with Crippen molar-refractivity contribution in [3.05, 3.63) is 22.8 Å². The summed E-state index contributed by atoms with van der Waals surface area (Å²) in [5.74, 6) is -0.200. The molecule has 118 valence electrons. The number of nitrogens with one attached hydrogen (secondary N) is 2. The van der Waals surface area contributed by atoms with Gasteiger partial charge in [0, 0.05) is 18.8 Å². The SMILES string of the molecule is CCCNc1cc(C(=O)NC(C)CC(F)(F)F)c(Cl)cn1. The molecule has 0 saturated carbocycles. The number of alkyl halides is 3. The molecule has 0 radical (unpaired) electrons. The minimum Gasteiger partial charge on any atom is -0.370 e. The van der Waals surface area contributed by atoms with Crippen LogP contribution in [-0.4, -0.2) is 29.7 Å². The third-order valence-corrected chi connectivity index (χ3v) is 2.87. The van der Waals surface area contributed by atoms with E-state index in [9.17, 15) is 18.0 Å². The first-order chi connectivity index (χ1) is 9.73. The monoisotopic (exact) mass is 323 g/mol. The average Bonchev–Trinajstić information content (AvgIpc) is 2.35. The van der Waals surface area contributed by atoms with Crippen LogP contribution in [0.2, 0.25) is 5.02 Å². The number of aromatic nitrogens is 1. The minimum absolute atomic E-state index is 0.0914. The Balaban J connectivity index is 2.77. The van der Waals surface area contributed by atoms with Crippen molar-refractivity contribution in [2.75, 3.05) is 11.9 Å². The lowest BCUT2D eigenvalue weighted by molar-refractivity contribution is -0.138. The normalized spacial score (nSPS) is 12.9. The Kier molecular flexibility index (Phi) is 6.26. The molecule has 8 heteroatoms. The van der Waals surface area contributed by atoms with E-state index < -0.39 is 24.5 Å². The molecule has 0 fully saturated rings. The summed E-state index contributed by atoms with van der Waals surface area (Å²) in [5, 5.41) is 5.35. The Morgan fingerprint density at radius 1 is 1.48 bits per heavy atom. The van der Waals surface area contributed by atoms with E-state index in [1.807, 2.05) is 6.92 Å². The summed E-state index contributed by atoms with van der Waals surface area (Å²) < 4.78 is 36.7. The molecule has 1 atom stereocenters. The summed E-state index contributed by atoms with van der Waals surface area (Å²) in [4.78, 5) is 16.0. The quantitative estimate of drug-likeness (QED) is 0.840. The number of halogens is 4. The molecule has 1 aromatic rings. The maximum absolute atomic E-state index is 12.2. The average molecular weight is 324 g/mol. The smallest absolute Gasteiger partial charge is 0.370 e. The molecule has 1 rings (SSSR count). The molecule has 1 unspecified atom stereocenters. The van der Waals surface area contributed by atoms with Crippen molar-refractivity contribution < 1.29 is 18.0 Å². The summed E-state index contributed by atoms with van der Waals surface area (Å²) in [6, 6.07) is 0.391. The van der Waals surface area contributed by atoms with Gasteiger partial charge in [0.15, 0.2) is 0 Å². The lowest BCUT2D eigenvalue weighted by Gasteiger charge is -2.16. The van der Waals surface area contributed by atoms with Gasteiger partial charge in [0.25, 0.3) is 5.91 Å². The van der Waals surface area contributed by atoms with Gasteiger partial charge in [-0.15, -0.1) is 0 Å². The molecule has 0 aromatic carbocycles. The van der Waals surface area contributed by atoms with Gasteiger partial charge in [-0.3, -0.25) is 4.79 Å². The highest BCUT2D eigenvalue weighted by atomic mass is 35.5. The van der Waals surface area contributed by atoms with Gasteiger partial charge in [-0.2, -0.15) is 13.2 Å². The van der Waals surface area contributed by atoms with E-state index in [1.54, 1.807) is 0 Å². The van der Waals surface area contributed by atoms with Gasteiger partial charge in [0.05, 0.1) is 17.0 Å². The highest BCUT2D eigenvalue weighted by Gasteiger charge is 2.30. The van der Waals surface area contributed by atoms with E-state index >= 15 is 0 Å². The summed E-state index contributed by atoms with van der Waals surface area (Å²) in [7, 11) is 0. The van der Waals surface area contributed by atoms with E-state index in [0.717, 1.165) is 6.42 Å². The Bertz CT molecular complexity index is 494. The first-order valence-corrected chi connectivity index (χ1v) is 6.87. The lowest BCUT2D eigenvalue weighted by atomic mass is 10.2. The van der Waals surface area contributed by atoms with Crippen LogP contribution in [0.4, 0.5) is 19.0 Å². The van der Waals surface area contributed by atoms with Crippen molar-refractivity contribution in [1.29, 1.82) is 0 Å². The maximum atomic E-state index is 12.2. The van der Waals surface area contributed by atoms with Gasteiger partial charge in [-0.1, -0.05) is 18.5 Å². The number of anilines is 1. The number of carbonyl (C=O) groups is 1. The Hall–Kier alpha value is -1.50. The standard InChI is InChI=1S/C13H17ClF3N3O/c1-3-4-18-11-5-9(10(14)7-19-11)12(21)20-8(2)6-13(15,16)17/h5,7-8H,3-4,6H2,1-2H3,(H,18,19)(H,20,21). The van der Waals surface area contributed by atoms with Gasteiger partial charge in [-0.25, -0.2) is 4.98 Å². The van der Waals surface area contributed by atoms with Gasteiger partial charge in [-0.05, 0) is 19.4 Å². The number of carbonyl (C=O) groups excluding carboxylic acids is 1. The molecule has 2 N–H and O–H groups in total. The largest absolute Gasteiger partial charge is 0.391 e. The van der Waals surface area contributed by atoms with E-state index in [1.165, 1.54) is 19.2 Å². The third-order valence-electron chi connectivity index (χ3n) is 2.57. The molecule has 1 aromatic heterocycles. The molecular weight excluding hydrogens is 307 g/mol. The van der Waals surface area contributed by atoms with E-state index in [4.69, 9.17) is 11.6 Å². The van der Waals surface area contributed by atoms with Gasteiger partial charge < -0.3 is 10.6 Å². The lowest BCUT2D eigenvalue weighted by Crippen LogP contribution is -2.36. The Morgan fingerprint density at radius 3 is 2.71 bits per heavy atom. The van der Waals surface area contributed by atoms with Crippen molar-refractivity contribution in [3.63, 3.8) is 0 Å². The van der Waals surface area contributed by atoms with Crippen LogP contribution in [0.15, 0.2) is 12.3 Å². The zero-order chi connectivity index (χ0) is 16.0. The molecule has 1 amide bonds. The van der Waals surface area contributed by atoms with Crippen LogP contribution in [0, 0.1) is 0 Å². The van der Waals surface area contributed by atoms with E-state index in [0.29, 0.717) is 12.4 Å². The van der Waals surface area contributed by atoms with Crippen LogP contribution in [0.3, 0.4) is 0 Å². The number of amides is 1. The topological polar surface area (TPSA) is 54.0 Å². The van der Waals surface area contributed by atoms with Crippen molar-refractivity contribution in [2.45, 2.75) is 38.9 Å². The first kappa shape index (κ1) is 17.6. The summed E-state index contributed by atoms with van der Waals surface area (Å²) in [5.41, 5.74) is 0.0966. The molecular formula is C13H17ClF3N3O. The number of hydrogen-bond donors (Lipinski definition) is 2. The summed E-state index contributed by atoms with van der Waals surface area (Å²) >= 11 is 5.87. The van der Waals surface area contributed by atoms with Gasteiger partial charge in [0.1, 0.15) is 5.82 Å². The van der Waals surface area contributed by atoms with Crippen molar-refractivity contribution in [1.82, 2.24) is 10.3 Å². The van der Waals surface area contributed by atoms with Crippen LogP contribution in [0.25, 0.3) is 0 Å². The maximum Gasteiger partial charge on any atom is 0.391 e. The number of rotatable bonds is 6. The number of pyridine rings is 1. The zero-order valence-corrected chi connectivity index (χ0v) is 12.5. The zero-order valence-electron chi connectivity index (χ0n) is 11.7. The summed E-state index contributed by atoms with van der Waals surface area (Å²) in [6.45, 7) is 3.92. The van der Waals surface area contributed by atoms with E-state index in [-0.39, 0.29) is 10.6 Å². The van der Waals surface area contributed by atoms with Crippen molar-refractivity contribution >= 4 is 23.3 Å². The van der Waals surface area contributed by atoms with Crippen molar-refractivity contribution in [3.8, 4) is 0 Å². The molecule has 4 nitrogen and oxygen atoms in total. The predicted octanol–water partition coefficient (Wildman–Crippen LogP) is 3.63. The molecule has 1 heterocycles. The van der Waals surface area contributed by atoms with Gasteiger partial charge >= 0.3 is 6.18 Å². The first-order valence-electron chi connectivity index (χ1n) is 6.50.